The minimum Gasteiger partial charge on any atom is -0.756 e. The van der Waals surface area contributed by atoms with Crippen molar-refractivity contribution in [1.29, 1.82) is 0 Å². The first-order chi connectivity index (χ1) is 34.0. The van der Waals surface area contributed by atoms with Gasteiger partial charge in [0.15, 0.2) is 0 Å². The Balaban J connectivity index is 4.12. The van der Waals surface area contributed by atoms with Gasteiger partial charge in [0.05, 0.1) is 39.9 Å². The van der Waals surface area contributed by atoms with E-state index in [1.54, 1.807) is 6.08 Å². The van der Waals surface area contributed by atoms with E-state index in [1.807, 2.05) is 27.2 Å². The summed E-state index contributed by atoms with van der Waals surface area (Å²) in [6, 6.07) is -0.886. The van der Waals surface area contributed by atoms with E-state index in [2.05, 4.69) is 31.3 Å². The Morgan fingerprint density at radius 1 is 0.486 bits per heavy atom. The molecule has 0 aliphatic heterocycles. The summed E-state index contributed by atoms with van der Waals surface area (Å²) in [5, 5.41) is 13.9. The molecular weight excluding hydrogens is 888 g/mol. The summed E-state index contributed by atoms with van der Waals surface area (Å²) in [5.41, 5.74) is 0. The second-order valence-electron chi connectivity index (χ2n) is 22.4. The van der Waals surface area contributed by atoms with E-state index in [4.69, 9.17) is 9.05 Å². The number of aliphatic hydroxyl groups is 1. The van der Waals surface area contributed by atoms with Crippen LogP contribution in [0.1, 0.15) is 309 Å². The van der Waals surface area contributed by atoms with Gasteiger partial charge in [0.25, 0.3) is 7.82 Å². The molecule has 0 aliphatic rings. The number of phosphoric ester groups is 1. The lowest BCUT2D eigenvalue weighted by atomic mass is 10.0. The molecule has 0 aliphatic carbocycles. The first-order valence-corrected chi connectivity index (χ1v) is 32.2. The first kappa shape index (κ1) is 69.0. The number of hydrogen-bond donors (Lipinski definition) is 2. The molecule has 0 heterocycles. The lowest BCUT2D eigenvalue weighted by Crippen LogP contribution is -2.45. The summed E-state index contributed by atoms with van der Waals surface area (Å²) in [6.07, 6.45) is 66.9. The second-order valence-corrected chi connectivity index (χ2v) is 23.8. The maximum Gasteiger partial charge on any atom is 0.268 e. The molecule has 0 rings (SSSR count). The number of nitrogens with zero attached hydrogens (tertiary/aromatic N) is 1. The SMILES string of the molecule is CCCCCCCC/C=C\CCCCCCCCCCCC(=O)NC(COP(=O)([O-])OCC[N+](C)(C)C)C(O)/C=C/CCCCCCCCCCCCCCCCCCCCCCCCCCCCC. The highest BCUT2D eigenvalue weighted by Crippen LogP contribution is 2.38. The molecule has 0 saturated heterocycles. The number of amides is 1. The van der Waals surface area contributed by atoms with Gasteiger partial charge >= 0.3 is 0 Å². The van der Waals surface area contributed by atoms with Crippen LogP contribution in [-0.2, 0) is 18.4 Å². The van der Waals surface area contributed by atoms with Gasteiger partial charge < -0.3 is 28.8 Å². The molecule has 0 bridgehead atoms. The predicted octanol–water partition coefficient (Wildman–Crippen LogP) is 18.1. The Kier molecular flexibility index (Phi) is 52.1. The lowest BCUT2D eigenvalue weighted by Gasteiger charge is -2.29. The fraction of sp³-hybridized carbons (Fsp3) is 0.918. The van der Waals surface area contributed by atoms with Crippen molar-refractivity contribution in [3.63, 3.8) is 0 Å². The van der Waals surface area contributed by atoms with Gasteiger partial charge in [-0.25, -0.2) is 0 Å². The standard InChI is InChI=1S/C61H121N2O6P/c1-6-8-10-12-14-16-18-20-22-24-26-27-28-29-30-31-32-33-34-35-37-38-40-42-44-46-48-50-52-54-60(64)59(58-69-70(66,67)68-57-56-63(3,4)5)62-61(65)55-53-51-49-47-45-43-41-39-36-25-23-21-19-17-15-13-11-9-7-2/h21,23,52,54,59-60,64H,6-20,22,24-51,53,55-58H2,1-5H3,(H-,62,65,66,67)/b23-21-,54-52+. The Bertz CT molecular complexity index is 1190. The topological polar surface area (TPSA) is 108 Å². The Morgan fingerprint density at radius 2 is 0.786 bits per heavy atom. The summed E-state index contributed by atoms with van der Waals surface area (Å²) in [4.78, 5) is 25.5. The monoisotopic (exact) mass is 1010 g/mol. The molecule has 9 heteroatoms. The van der Waals surface area contributed by atoms with Gasteiger partial charge in [-0.05, 0) is 44.9 Å². The van der Waals surface area contributed by atoms with Gasteiger partial charge in [-0.1, -0.05) is 282 Å². The van der Waals surface area contributed by atoms with E-state index >= 15 is 0 Å². The molecule has 8 nitrogen and oxygen atoms in total. The summed E-state index contributed by atoms with van der Waals surface area (Å²) in [5.74, 6) is -0.195. The number of aliphatic hydroxyl groups excluding tert-OH is 1. The molecule has 70 heavy (non-hydrogen) atoms. The zero-order chi connectivity index (χ0) is 51.3. The number of likely N-dealkylation sites (N-methyl/N-ethyl adjacent to an activating group) is 1. The third-order valence-corrected chi connectivity index (χ3v) is 15.1. The number of hydrogen-bond acceptors (Lipinski definition) is 6. The molecule has 0 saturated carbocycles. The van der Waals surface area contributed by atoms with Gasteiger partial charge in [-0.15, -0.1) is 0 Å². The Morgan fingerprint density at radius 3 is 1.11 bits per heavy atom. The van der Waals surface area contributed by atoms with Crippen molar-refractivity contribution in [2.45, 2.75) is 321 Å². The average Bonchev–Trinajstić information content (AvgIpc) is 3.32. The highest BCUT2D eigenvalue weighted by Gasteiger charge is 2.23. The minimum absolute atomic E-state index is 0.000406. The summed E-state index contributed by atoms with van der Waals surface area (Å²) in [7, 11) is 1.27. The molecule has 0 fully saturated rings. The van der Waals surface area contributed by atoms with Crippen LogP contribution in [0.25, 0.3) is 0 Å². The van der Waals surface area contributed by atoms with Crippen molar-refractivity contribution in [3.8, 4) is 0 Å². The molecule has 0 radical (unpaired) electrons. The number of carbonyl (C=O) groups excluding carboxylic acids is 1. The van der Waals surface area contributed by atoms with Gasteiger partial charge in [-0.2, -0.15) is 0 Å². The smallest absolute Gasteiger partial charge is 0.268 e. The fourth-order valence-corrected chi connectivity index (χ4v) is 10.1. The molecule has 0 aromatic heterocycles. The Labute approximate surface area is 436 Å². The summed E-state index contributed by atoms with van der Waals surface area (Å²) < 4.78 is 23.4. The number of allylic oxidation sites excluding steroid dienone is 3. The van der Waals surface area contributed by atoms with Gasteiger partial charge in [0, 0.05) is 6.42 Å². The quantitative estimate of drug-likeness (QED) is 0.0272. The number of unbranched alkanes of at least 4 members (excludes halogenated alkanes) is 42. The van der Waals surface area contributed by atoms with Gasteiger partial charge in [-0.3, -0.25) is 9.36 Å². The lowest BCUT2D eigenvalue weighted by molar-refractivity contribution is -0.870. The van der Waals surface area contributed by atoms with Crippen molar-refractivity contribution in [3.05, 3.63) is 24.3 Å². The van der Waals surface area contributed by atoms with Gasteiger partial charge in [0.2, 0.25) is 5.91 Å². The number of rotatable bonds is 57. The van der Waals surface area contributed by atoms with Crippen LogP contribution < -0.4 is 10.2 Å². The van der Waals surface area contributed by atoms with Crippen LogP contribution in [-0.4, -0.2) is 68.5 Å². The number of phosphoric acid groups is 1. The van der Waals surface area contributed by atoms with Crippen molar-refractivity contribution < 1.29 is 32.9 Å². The van der Waals surface area contributed by atoms with Crippen molar-refractivity contribution >= 4 is 13.7 Å². The molecule has 3 unspecified atom stereocenters. The zero-order valence-corrected chi connectivity index (χ0v) is 48.4. The number of nitrogens with one attached hydrogen (secondary N) is 1. The normalized spacial score (nSPS) is 14.0. The third kappa shape index (κ3) is 54.7. The van der Waals surface area contributed by atoms with E-state index in [0.717, 1.165) is 38.5 Å². The summed E-state index contributed by atoms with van der Waals surface area (Å²) in [6.45, 7) is 4.69. The van der Waals surface area contributed by atoms with E-state index < -0.39 is 20.0 Å². The molecule has 2 N–H and O–H groups in total. The molecule has 416 valence electrons. The highest BCUT2D eigenvalue weighted by molar-refractivity contribution is 7.45. The van der Waals surface area contributed by atoms with Crippen molar-refractivity contribution in [2.24, 2.45) is 0 Å². The average molecular weight is 1010 g/mol. The van der Waals surface area contributed by atoms with E-state index in [1.165, 1.54) is 250 Å². The maximum absolute atomic E-state index is 13.0. The van der Waals surface area contributed by atoms with E-state index in [9.17, 15) is 19.4 Å². The molecular formula is C61H121N2O6P. The number of carbonyl (C=O) groups is 1. The first-order valence-electron chi connectivity index (χ1n) is 30.7. The van der Waals surface area contributed by atoms with E-state index in [-0.39, 0.29) is 19.1 Å². The number of quaternary nitrogens is 1. The third-order valence-electron chi connectivity index (χ3n) is 14.2. The van der Waals surface area contributed by atoms with Crippen LogP contribution in [0.2, 0.25) is 0 Å². The largest absolute Gasteiger partial charge is 0.756 e. The van der Waals surface area contributed by atoms with Crippen LogP contribution in [0.3, 0.4) is 0 Å². The second kappa shape index (κ2) is 52.8. The minimum atomic E-state index is -4.60. The molecule has 3 atom stereocenters. The predicted molar refractivity (Wildman–Crippen MR) is 302 cm³/mol. The van der Waals surface area contributed by atoms with Crippen molar-refractivity contribution in [2.75, 3.05) is 40.9 Å². The highest BCUT2D eigenvalue weighted by atomic mass is 31.2. The molecule has 0 aromatic rings. The Hall–Kier alpha value is -1.02. The van der Waals surface area contributed by atoms with Crippen molar-refractivity contribution in [1.82, 2.24) is 5.32 Å². The maximum atomic E-state index is 13.0. The molecule has 0 aromatic carbocycles. The van der Waals surface area contributed by atoms with E-state index in [0.29, 0.717) is 17.4 Å². The van der Waals surface area contributed by atoms with Gasteiger partial charge in [0.1, 0.15) is 13.2 Å². The van der Waals surface area contributed by atoms with Crippen LogP contribution >= 0.6 is 7.82 Å². The molecule has 0 spiro atoms. The van der Waals surface area contributed by atoms with Crippen LogP contribution in [0, 0.1) is 0 Å². The van der Waals surface area contributed by atoms with Crippen LogP contribution in [0.15, 0.2) is 24.3 Å². The van der Waals surface area contributed by atoms with Crippen LogP contribution in [0.4, 0.5) is 0 Å². The summed E-state index contributed by atoms with van der Waals surface area (Å²) >= 11 is 0. The van der Waals surface area contributed by atoms with Crippen LogP contribution in [0.5, 0.6) is 0 Å². The zero-order valence-electron chi connectivity index (χ0n) is 47.5. The molecule has 1 amide bonds. The fourth-order valence-electron chi connectivity index (χ4n) is 9.33.